The number of halogens is 1. The van der Waals surface area contributed by atoms with E-state index in [2.05, 4.69) is 17.4 Å². The molecular weight excluding hydrogens is 352 g/mol. The van der Waals surface area contributed by atoms with Crippen LogP contribution in [0.15, 0.2) is 30.3 Å². The van der Waals surface area contributed by atoms with Crippen LogP contribution in [0.1, 0.15) is 31.2 Å². The molecular formula is C20H31ClN2O3. The molecule has 26 heavy (non-hydrogen) atoms. The summed E-state index contributed by atoms with van der Waals surface area (Å²) < 4.78 is 11.4. The summed E-state index contributed by atoms with van der Waals surface area (Å²) in [6.45, 7) is 4.54. The SMILES string of the molecule is COCC1(C(=O)N2CCC(OCc3ccccc3)CC2)CCNCC1.Cl. The van der Waals surface area contributed by atoms with Gasteiger partial charge in [0.05, 0.1) is 24.7 Å². The molecule has 0 unspecified atom stereocenters. The lowest BCUT2D eigenvalue weighted by Crippen LogP contribution is -2.53. The number of benzene rings is 1. The minimum Gasteiger partial charge on any atom is -0.384 e. The largest absolute Gasteiger partial charge is 0.384 e. The highest BCUT2D eigenvalue weighted by Crippen LogP contribution is 2.33. The van der Waals surface area contributed by atoms with Crippen LogP contribution in [0.2, 0.25) is 0 Å². The molecule has 5 nitrogen and oxygen atoms in total. The summed E-state index contributed by atoms with van der Waals surface area (Å²) in [5.74, 6) is 0.275. The summed E-state index contributed by atoms with van der Waals surface area (Å²) in [4.78, 5) is 15.2. The average Bonchev–Trinajstić information content (AvgIpc) is 2.68. The van der Waals surface area contributed by atoms with Gasteiger partial charge >= 0.3 is 0 Å². The van der Waals surface area contributed by atoms with Crippen LogP contribution in [0.4, 0.5) is 0 Å². The summed E-state index contributed by atoms with van der Waals surface area (Å²) in [7, 11) is 1.70. The van der Waals surface area contributed by atoms with Gasteiger partial charge in [-0.25, -0.2) is 0 Å². The molecule has 0 atom stereocenters. The van der Waals surface area contributed by atoms with E-state index in [9.17, 15) is 4.79 Å². The molecule has 0 spiro atoms. The van der Waals surface area contributed by atoms with Gasteiger partial charge in [-0.2, -0.15) is 0 Å². The van der Waals surface area contributed by atoms with Crippen molar-refractivity contribution in [3.63, 3.8) is 0 Å². The molecule has 0 aliphatic carbocycles. The summed E-state index contributed by atoms with van der Waals surface area (Å²) in [5, 5.41) is 3.35. The van der Waals surface area contributed by atoms with Crippen LogP contribution in [0, 0.1) is 5.41 Å². The molecule has 0 bridgehead atoms. The van der Waals surface area contributed by atoms with Gasteiger partial charge in [0.2, 0.25) is 5.91 Å². The zero-order chi connectivity index (χ0) is 17.5. The third-order valence-corrected chi connectivity index (χ3v) is 5.49. The van der Waals surface area contributed by atoms with E-state index in [4.69, 9.17) is 9.47 Å². The molecule has 0 radical (unpaired) electrons. The molecule has 3 rings (SSSR count). The lowest BCUT2D eigenvalue weighted by Gasteiger charge is -2.41. The predicted molar refractivity (Wildman–Crippen MR) is 104 cm³/mol. The molecule has 2 aliphatic heterocycles. The Morgan fingerprint density at radius 2 is 1.85 bits per heavy atom. The first-order valence-corrected chi connectivity index (χ1v) is 9.38. The Bertz CT molecular complexity index is 536. The molecule has 1 N–H and O–H groups in total. The number of piperidine rings is 2. The van der Waals surface area contributed by atoms with Crippen LogP contribution in [0.3, 0.4) is 0 Å². The third kappa shape index (κ3) is 5.19. The lowest BCUT2D eigenvalue weighted by molar-refractivity contribution is -0.150. The molecule has 6 heteroatoms. The maximum absolute atomic E-state index is 13.1. The predicted octanol–water partition coefficient (Wildman–Crippen LogP) is 2.63. The quantitative estimate of drug-likeness (QED) is 0.821. The number of nitrogens with zero attached hydrogens (tertiary/aromatic N) is 1. The lowest BCUT2D eigenvalue weighted by atomic mass is 9.78. The number of hydrogen-bond acceptors (Lipinski definition) is 4. The van der Waals surface area contributed by atoms with Crippen molar-refractivity contribution in [1.29, 1.82) is 0 Å². The zero-order valence-electron chi connectivity index (χ0n) is 15.6. The number of carbonyl (C=O) groups is 1. The summed E-state index contributed by atoms with van der Waals surface area (Å²) in [5.41, 5.74) is 0.868. The van der Waals surface area contributed by atoms with Crippen molar-refractivity contribution in [1.82, 2.24) is 10.2 Å². The normalized spacial score (nSPS) is 20.4. The summed E-state index contributed by atoms with van der Waals surface area (Å²) in [6, 6.07) is 10.3. The smallest absolute Gasteiger partial charge is 0.231 e. The van der Waals surface area contributed by atoms with Gasteiger partial charge in [-0.3, -0.25) is 4.79 Å². The molecule has 2 heterocycles. The zero-order valence-corrected chi connectivity index (χ0v) is 16.4. The van der Waals surface area contributed by atoms with Crippen molar-refractivity contribution >= 4 is 18.3 Å². The van der Waals surface area contributed by atoms with Gasteiger partial charge in [-0.15, -0.1) is 12.4 Å². The standard InChI is InChI=1S/C20H30N2O3.ClH/c1-24-16-20(9-11-21-12-10-20)19(23)22-13-7-18(8-14-22)25-15-17-5-3-2-4-6-17;/h2-6,18,21H,7-16H2,1H3;1H. The van der Waals surface area contributed by atoms with Gasteiger partial charge in [0.1, 0.15) is 0 Å². The number of likely N-dealkylation sites (tertiary alicyclic amines) is 1. The van der Waals surface area contributed by atoms with Gasteiger partial charge in [-0.05, 0) is 44.3 Å². The fourth-order valence-corrected chi connectivity index (χ4v) is 3.95. The topological polar surface area (TPSA) is 50.8 Å². The van der Waals surface area contributed by atoms with E-state index in [1.54, 1.807) is 7.11 Å². The van der Waals surface area contributed by atoms with E-state index in [-0.39, 0.29) is 29.8 Å². The van der Waals surface area contributed by atoms with Crippen molar-refractivity contribution in [3.8, 4) is 0 Å². The summed E-state index contributed by atoms with van der Waals surface area (Å²) in [6.07, 6.45) is 3.81. The highest BCUT2D eigenvalue weighted by molar-refractivity contribution is 5.85. The Balaban J connectivity index is 0.00000243. The monoisotopic (exact) mass is 382 g/mol. The highest BCUT2D eigenvalue weighted by atomic mass is 35.5. The maximum atomic E-state index is 13.1. The molecule has 1 aromatic rings. The number of ether oxygens (including phenoxy) is 2. The molecule has 146 valence electrons. The van der Waals surface area contributed by atoms with E-state index in [1.807, 2.05) is 23.1 Å². The van der Waals surface area contributed by atoms with Crippen LogP contribution in [0.5, 0.6) is 0 Å². The van der Waals surface area contributed by atoms with Gasteiger partial charge in [0.25, 0.3) is 0 Å². The fourth-order valence-electron chi connectivity index (χ4n) is 3.95. The minimum absolute atomic E-state index is 0. The molecule has 2 fully saturated rings. The summed E-state index contributed by atoms with van der Waals surface area (Å²) >= 11 is 0. The number of amides is 1. The molecule has 1 aromatic carbocycles. The average molecular weight is 383 g/mol. The van der Waals surface area contributed by atoms with Crippen molar-refractivity contribution in [2.45, 2.75) is 38.4 Å². The van der Waals surface area contributed by atoms with Crippen LogP contribution >= 0.6 is 12.4 Å². The Morgan fingerprint density at radius 3 is 2.46 bits per heavy atom. The van der Waals surface area contributed by atoms with Gasteiger partial charge < -0.3 is 19.7 Å². The van der Waals surface area contributed by atoms with Crippen LogP contribution < -0.4 is 5.32 Å². The first-order valence-electron chi connectivity index (χ1n) is 9.38. The minimum atomic E-state index is -0.336. The molecule has 2 saturated heterocycles. The molecule has 2 aliphatic rings. The van der Waals surface area contributed by atoms with Crippen LogP contribution in [0.25, 0.3) is 0 Å². The Morgan fingerprint density at radius 1 is 1.19 bits per heavy atom. The Kier molecular flexibility index (Phi) is 8.35. The molecule has 0 saturated carbocycles. The van der Waals surface area contributed by atoms with E-state index in [0.29, 0.717) is 13.2 Å². The third-order valence-electron chi connectivity index (χ3n) is 5.49. The van der Waals surface area contributed by atoms with Crippen molar-refractivity contribution in [2.24, 2.45) is 5.41 Å². The van der Waals surface area contributed by atoms with Gasteiger partial charge in [0, 0.05) is 20.2 Å². The number of rotatable bonds is 6. The second-order valence-corrected chi connectivity index (χ2v) is 7.25. The fraction of sp³-hybridized carbons (Fsp3) is 0.650. The second-order valence-electron chi connectivity index (χ2n) is 7.25. The number of carbonyl (C=O) groups excluding carboxylic acids is 1. The van der Waals surface area contributed by atoms with Gasteiger partial charge in [0.15, 0.2) is 0 Å². The van der Waals surface area contributed by atoms with Crippen molar-refractivity contribution in [2.75, 3.05) is 39.9 Å². The number of methoxy groups -OCH3 is 1. The Hall–Kier alpha value is -1.14. The molecule has 0 aromatic heterocycles. The number of hydrogen-bond donors (Lipinski definition) is 1. The van der Waals surface area contributed by atoms with Crippen LogP contribution in [-0.2, 0) is 20.9 Å². The second kappa shape index (κ2) is 10.3. The van der Waals surface area contributed by atoms with Crippen molar-refractivity contribution < 1.29 is 14.3 Å². The first kappa shape index (κ1) is 21.2. The van der Waals surface area contributed by atoms with E-state index in [1.165, 1.54) is 5.56 Å². The Labute approximate surface area is 162 Å². The number of nitrogens with one attached hydrogen (secondary N) is 1. The first-order chi connectivity index (χ1) is 12.2. The highest BCUT2D eigenvalue weighted by Gasteiger charge is 2.42. The van der Waals surface area contributed by atoms with E-state index < -0.39 is 0 Å². The maximum Gasteiger partial charge on any atom is 0.231 e. The van der Waals surface area contributed by atoms with Gasteiger partial charge in [-0.1, -0.05) is 30.3 Å². The van der Waals surface area contributed by atoms with E-state index >= 15 is 0 Å². The van der Waals surface area contributed by atoms with E-state index in [0.717, 1.165) is 51.9 Å². The van der Waals surface area contributed by atoms with Crippen LogP contribution in [-0.4, -0.2) is 56.8 Å². The van der Waals surface area contributed by atoms with Crippen molar-refractivity contribution in [3.05, 3.63) is 35.9 Å². The molecule has 1 amide bonds.